The molecule has 1 aromatic heterocycles. The van der Waals surface area contributed by atoms with Crippen molar-refractivity contribution in [2.24, 2.45) is 7.05 Å². The predicted octanol–water partition coefficient (Wildman–Crippen LogP) is 3.39. The number of nitrogens with zero attached hydrogens (tertiary/aromatic N) is 3. The van der Waals surface area contributed by atoms with E-state index in [0.29, 0.717) is 17.0 Å². The van der Waals surface area contributed by atoms with E-state index in [4.69, 9.17) is 4.74 Å². The Morgan fingerprint density at radius 2 is 1.79 bits per heavy atom. The summed E-state index contributed by atoms with van der Waals surface area (Å²) >= 11 is 1.45. The lowest BCUT2D eigenvalue weighted by atomic mass is 10.2. The molecule has 0 atom stereocenters. The van der Waals surface area contributed by atoms with Gasteiger partial charge in [0.25, 0.3) is 0 Å². The number of benzene rings is 2. The number of hydrogen-bond donors (Lipinski definition) is 1. The Morgan fingerprint density at radius 3 is 2.54 bits per heavy atom. The molecule has 0 saturated carbocycles. The quantitative estimate of drug-likeness (QED) is 0.487. The number of aromatic nitrogens is 3. The molecule has 0 fully saturated rings. The predicted molar refractivity (Wildman–Crippen MR) is 108 cm³/mol. The fraction of sp³-hybridized carbons (Fsp3) is 0.200. The highest BCUT2D eigenvalue weighted by Crippen LogP contribution is 2.23. The lowest BCUT2D eigenvalue weighted by Crippen LogP contribution is -2.15. The van der Waals surface area contributed by atoms with Gasteiger partial charge in [0, 0.05) is 24.8 Å². The summed E-state index contributed by atoms with van der Waals surface area (Å²) in [5.74, 6) is 0.638. The van der Waals surface area contributed by atoms with Gasteiger partial charge < -0.3 is 14.6 Å². The van der Waals surface area contributed by atoms with Gasteiger partial charge in [0.15, 0.2) is 11.0 Å². The number of carbonyl (C=O) groups is 2. The first-order chi connectivity index (χ1) is 13.6. The molecule has 0 unspecified atom stereocenters. The van der Waals surface area contributed by atoms with E-state index in [1.807, 2.05) is 41.9 Å². The summed E-state index contributed by atoms with van der Waals surface area (Å²) in [5, 5.41) is 11.9. The van der Waals surface area contributed by atoms with Gasteiger partial charge in [-0.05, 0) is 12.1 Å². The maximum atomic E-state index is 12.3. The van der Waals surface area contributed by atoms with Crippen LogP contribution in [0.15, 0.2) is 59.8 Å². The number of nitrogens with one attached hydrogen (secondary N) is 1. The van der Waals surface area contributed by atoms with Crippen molar-refractivity contribution in [2.75, 3.05) is 18.2 Å². The van der Waals surface area contributed by atoms with E-state index >= 15 is 0 Å². The maximum absolute atomic E-state index is 12.3. The highest BCUT2D eigenvalue weighted by molar-refractivity contribution is 7.99. The van der Waals surface area contributed by atoms with Gasteiger partial charge in [0.1, 0.15) is 0 Å². The van der Waals surface area contributed by atoms with Crippen LogP contribution in [0.1, 0.15) is 16.8 Å². The highest BCUT2D eigenvalue weighted by Gasteiger charge is 2.14. The number of thioether (sulfide) groups is 1. The van der Waals surface area contributed by atoms with E-state index in [9.17, 15) is 9.59 Å². The molecule has 0 saturated heterocycles. The Hall–Kier alpha value is -3.13. The minimum absolute atomic E-state index is 0.186. The number of amides is 1. The zero-order chi connectivity index (χ0) is 19.9. The Morgan fingerprint density at radius 1 is 1.07 bits per heavy atom. The summed E-state index contributed by atoms with van der Waals surface area (Å²) in [5.41, 5.74) is 1.75. The van der Waals surface area contributed by atoms with Crippen LogP contribution in [-0.2, 0) is 16.6 Å². The molecule has 2 aromatic carbocycles. The SMILES string of the molecule is COC(=O)c1ccccc1NC(=O)CCSc1nnc(-c2ccccc2)n1C. The van der Waals surface area contributed by atoms with E-state index in [-0.39, 0.29) is 12.3 Å². The number of esters is 1. The molecule has 1 heterocycles. The number of anilines is 1. The van der Waals surface area contributed by atoms with Gasteiger partial charge in [-0.3, -0.25) is 4.79 Å². The summed E-state index contributed by atoms with van der Waals surface area (Å²) < 4.78 is 6.64. The molecule has 8 heteroatoms. The first-order valence-electron chi connectivity index (χ1n) is 8.65. The molecule has 1 amide bonds. The Balaban J connectivity index is 1.57. The van der Waals surface area contributed by atoms with Gasteiger partial charge in [-0.2, -0.15) is 0 Å². The molecule has 7 nitrogen and oxygen atoms in total. The average Bonchev–Trinajstić information content (AvgIpc) is 3.09. The van der Waals surface area contributed by atoms with E-state index in [0.717, 1.165) is 16.5 Å². The van der Waals surface area contributed by atoms with Crippen LogP contribution < -0.4 is 5.32 Å². The second-order valence-corrected chi connectivity index (χ2v) is 6.98. The van der Waals surface area contributed by atoms with Crippen molar-refractivity contribution in [3.8, 4) is 11.4 Å². The molecule has 3 aromatic rings. The van der Waals surface area contributed by atoms with Crippen LogP contribution in [0.25, 0.3) is 11.4 Å². The standard InChI is InChI=1S/C20H20N4O3S/c1-24-18(14-8-4-3-5-9-14)22-23-20(24)28-13-12-17(25)21-16-11-7-6-10-15(16)19(26)27-2/h3-11H,12-13H2,1-2H3,(H,21,25). The number of ether oxygens (including phenoxy) is 1. The number of hydrogen-bond acceptors (Lipinski definition) is 6. The first kappa shape index (κ1) is 19.6. The van der Waals surface area contributed by atoms with Crippen LogP contribution in [0.4, 0.5) is 5.69 Å². The fourth-order valence-corrected chi connectivity index (χ4v) is 3.46. The van der Waals surface area contributed by atoms with Crippen LogP contribution in [0.5, 0.6) is 0 Å². The first-order valence-corrected chi connectivity index (χ1v) is 9.63. The highest BCUT2D eigenvalue weighted by atomic mass is 32.2. The third-order valence-corrected chi connectivity index (χ3v) is 5.06. The summed E-state index contributed by atoms with van der Waals surface area (Å²) in [6, 6.07) is 16.6. The number of carbonyl (C=O) groups excluding carboxylic acids is 2. The smallest absolute Gasteiger partial charge is 0.339 e. The second-order valence-electron chi connectivity index (χ2n) is 5.92. The van der Waals surface area contributed by atoms with Crippen molar-refractivity contribution in [2.45, 2.75) is 11.6 Å². The summed E-state index contributed by atoms with van der Waals surface area (Å²) in [7, 11) is 3.21. The second kappa shape index (κ2) is 9.18. The van der Waals surface area contributed by atoms with Gasteiger partial charge in [-0.1, -0.05) is 54.2 Å². The maximum Gasteiger partial charge on any atom is 0.339 e. The van der Waals surface area contributed by atoms with Gasteiger partial charge in [0.05, 0.1) is 18.4 Å². The van der Waals surface area contributed by atoms with Crippen molar-refractivity contribution < 1.29 is 14.3 Å². The zero-order valence-electron chi connectivity index (χ0n) is 15.6. The molecular formula is C20H20N4O3S. The third-order valence-electron chi connectivity index (χ3n) is 4.03. The van der Waals surface area contributed by atoms with Gasteiger partial charge in [-0.25, -0.2) is 4.79 Å². The van der Waals surface area contributed by atoms with Crippen molar-refractivity contribution in [1.82, 2.24) is 14.8 Å². The lowest BCUT2D eigenvalue weighted by Gasteiger charge is -2.09. The molecular weight excluding hydrogens is 376 g/mol. The van der Waals surface area contributed by atoms with Crippen molar-refractivity contribution >= 4 is 29.3 Å². The molecule has 0 bridgehead atoms. The van der Waals surface area contributed by atoms with Crippen molar-refractivity contribution in [3.05, 3.63) is 60.2 Å². The topological polar surface area (TPSA) is 86.1 Å². The van der Waals surface area contributed by atoms with Crippen LogP contribution in [-0.4, -0.2) is 39.5 Å². The van der Waals surface area contributed by atoms with Crippen LogP contribution in [0.2, 0.25) is 0 Å². The van der Waals surface area contributed by atoms with Crippen LogP contribution in [0.3, 0.4) is 0 Å². The van der Waals surface area contributed by atoms with Crippen LogP contribution >= 0.6 is 11.8 Å². The molecule has 0 aliphatic carbocycles. The molecule has 3 rings (SSSR count). The number of methoxy groups -OCH3 is 1. The van der Waals surface area contributed by atoms with E-state index in [2.05, 4.69) is 15.5 Å². The molecule has 0 radical (unpaired) electrons. The summed E-state index contributed by atoms with van der Waals surface area (Å²) in [4.78, 5) is 24.0. The van der Waals surface area contributed by atoms with Gasteiger partial charge in [-0.15, -0.1) is 10.2 Å². The van der Waals surface area contributed by atoms with Crippen LogP contribution in [0, 0.1) is 0 Å². The van der Waals surface area contributed by atoms with Crippen molar-refractivity contribution in [1.29, 1.82) is 0 Å². The Bertz CT molecular complexity index is 973. The fourth-order valence-electron chi connectivity index (χ4n) is 2.61. The third kappa shape index (κ3) is 4.58. The Kier molecular flexibility index (Phi) is 6.44. The minimum Gasteiger partial charge on any atom is -0.465 e. The van der Waals surface area contributed by atoms with E-state index in [1.54, 1.807) is 24.3 Å². The monoisotopic (exact) mass is 396 g/mol. The van der Waals surface area contributed by atoms with E-state index < -0.39 is 5.97 Å². The number of rotatable bonds is 7. The van der Waals surface area contributed by atoms with E-state index in [1.165, 1.54) is 18.9 Å². The summed E-state index contributed by atoms with van der Waals surface area (Å²) in [6.45, 7) is 0. The minimum atomic E-state index is -0.488. The normalized spacial score (nSPS) is 10.5. The molecule has 28 heavy (non-hydrogen) atoms. The number of para-hydroxylation sites is 1. The molecule has 0 spiro atoms. The molecule has 0 aliphatic rings. The summed E-state index contributed by atoms with van der Waals surface area (Å²) in [6.07, 6.45) is 0.272. The zero-order valence-corrected chi connectivity index (χ0v) is 16.4. The van der Waals surface area contributed by atoms with Crippen molar-refractivity contribution in [3.63, 3.8) is 0 Å². The molecule has 1 N–H and O–H groups in total. The average molecular weight is 396 g/mol. The molecule has 0 aliphatic heterocycles. The largest absolute Gasteiger partial charge is 0.465 e. The molecule has 144 valence electrons. The van der Waals surface area contributed by atoms with Gasteiger partial charge in [0.2, 0.25) is 5.91 Å². The lowest BCUT2D eigenvalue weighted by molar-refractivity contribution is -0.115. The van der Waals surface area contributed by atoms with Gasteiger partial charge >= 0.3 is 5.97 Å². The Labute approximate surface area is 167 Å².